The zero-order chi connectivity index (χ0) is 14.5. The molecule has 0 fully saturated rings. The lowest BCUT2D eigenvalue weighted by Gasteiger charge is -2.12. The molecule has 0 aliphatic carbocycles. The first-order chi connectivity index (χ1) is 9.60. The van der Waals surface area contributed by atoms with Crippen molar-refractivity contribution in [2.45, 2.75) is 6.92 Å². The molecule has 0 aliphatic heterocycles. The highest BCUT2D eigenvalue weighted by Crippen LogP contribution is 2.23. The van der Waals surface area contributed by atoms with Gasteiger partial charge in [-0.25, -0.2) is 4.39 Å². The number of hydrogen-bond donors (Lipinski definition) is 3. The van der Waals surface area contributed by atoms with Gasteiger partial charge in [-0.15, -0.1) is 0 Å². The molecule has 1 amide bonds. The van der Waals surface area contributed by atoms with Crippen molar-refractivity contribution in [2.24, 2.45) is 0 Å². The summed E-state index contributed by atoms with van der Waals surface area (Å²) in [5.74, 6) is -0.496. The molecule has 0 aromatic heterocycles. The van der Waals surface area contributed by atoms with Crippen molar-refractivity contribution < 1.29 is 9.18 Å². The van der Waals surface area contributed by atoms with Gasteiger partial charge < -0.3 is 16.4 Å². The Labute approximate surface area is 116 Å². The van der Waals surface area contributed by atoms with Gasteiger partial charge in [-0.3, -0.25) is 4.79 Å². The summed E-state index contributed by atoms with van der Waals surface area (Å²) in [5, 5.41) is 5.81. The monoisotopic (exact) mass is 273 g/mol. The normalized spacial score (nSPS) is 10.1. The number of amides is 1. The molecule has 2 aromatic rings. The molecule has 2 rings (SSSR count). The quantitative estimate of drug-likeness (QED) is 0.750. The van der Waals surface area contributed by atoms with Crippen LogP contribution < -0.4 is 16.4 Å². The molecule has 0 saturated carbocycles. The number of rotatable bonds is 4. The fraction of sp³-hybridized carbons (Fsp3) is 0.133. The van der Waals surface area contributed by atoms with Crippen molar-refractivity contribution in [3.63, 3.8) is 0 Å². The SMILES string of the molecule is CCNC(=O)c1ccc(N)cc1Nc1ccc(F)cc1. The largest absolute Gasteiger partial charge is 0.399 e. The number of nitrogen functional groups attached to an aromatic ring is 1. The van der Waals surface area contributed by atoms with Gasteiger partial charge in [-0.2, -0.15) is 0 Å². The summed E-state index contributed by atoms with van der Waals surface area (Å²) in [5.41, 5.74) is 8.05. The Balaban J connectivity index is 2.31. The molecule has 0 heterocycles. The van der Waals surface area contributed by atoms with Gasteiger partial charge in [0.25, 0.3) is 5.91 Å². The number of halogens is 1. The third kappa shape index (κ3) is 3.26. The number of nitrogens with two attached hydrogens (primary N) is 1. The Morgan fingerprint density at radius 2 is 1.90 bits per heavy atom. The van der Waals surface area contributed by atoms with Crippen LogP contribution in [0.25, 0.3) is 0 Å². The van der Waals surface area contributed by atoms with Gasteiger partial charge in [-0.05, 0) is 49.4 Å². The number of hydrogen-bond acceptors (Lipinski definition) is 3. The number of nitrogens with one attached hydrogen (secondary N) is 2. The van der Waals surface area contributed by atoms with Crippen LogP contribution in [0.3, 0.4) is 0 Å². The first kappa shape index (κ1) is 13.9. The Hall–Kier alpha value is -2.56. The van der Waals surface area contributed by atoms with Crippen LogP contribution in [0.15, 0.2) is 42.5 Å². The maximum atomic E-state index is 12.9. The van der Waals surface area contributed by atoms with Gasteiger partial charge in [-0.1, -0.05) is 0 Å². The Bertz CT molecular complexity index is 611. The maximum Gasteiger partial charge on any atom is 0.253 e. The van der Waals surface area contributed by atoms with Crippen molar-refractivity contribution in [1.29, 1.82) is 0 Å². The lowest BCUT2D eigenvalue weighted by molar-refractivity contribution is 0.0956. The molecule has 5 heteroatoms. The summed E-state index contributed by atoms with van der Waals surface area (Å²) in [6.45, 7) is 2.39. The molecule has 4 N–H and O–H groups in total. The molecule has 0 atom stereocenters. The van der Waals surface area contributed by atoms with Crippen molar-refractivity contribution in [3.05, 3.63) is 53.8 Å². The first-order valence-corrected chi connectivity index (χ1v) is 6.30. The van der Waals surface area contributed by atoms with E-state index in [4.69, 9.17) is 5.73 Å². The second kappa shape index (κ2) is 6.06. The summed E-state index contributed by atoms with van der Waals surface area (Å²) in [7, 11) is 0. The summed E-state index contributed by atoms with van der Waals surface area (Å²) >= 11 is 0. The fourth-order valence-electron chi connectivity index (χ4n) is 1.81. The second-order valence-corrected chi connectivity index (χ2v) is 4.30. The minimum absolute atomic E-state index is 0.183. The van der Waals surface area contributed by atoms with Crippen LogP contribution >= 0.6 is 0 Å². The third-order valence-corrected chi connectivity index (χ3v) is 2.75. The van der Waals surface area contributed by atoms with Gasteiger partial charge >= 0.3 is 0 Å². The van der Waals surface area contributed by atoms with E-state index in [0.717, 1.165) is 0 Å². The van der Waals surface area contributed by atoms with E-state index >= 15 is 0 Å². The molecule has 0 spiro atoms. The fourth-order valence-corrected chi connectivity index (χ4v) is 1.81. The highest BCUT2D eigenvalue weighted by atomic mass is 19.1. The summed E-state index contributed by atoms with van der Waals surface area (Å²) in [4.78, 5) is 12.0. The molecule has 104 valence electrons. The molecule has 2 aromatic carbocycles. The molecular formula is C15H16FN3O. The van der Waals surface area contributed by atoms with Crippen LogP contribution in [-0.2, 0) is 0 Å². The van der Waals surface area contributed by atoms with Gasteiger partial charge in [0.2, 0.25) is 0 Å². The van der Waals surface area contributed by atoms with Gasteiger partial charge in [0.15, 0.2) is 0 Å². The third-order valence-electron chi connectivity index (χ3n) is 2.75. The molecule has 0 unspecified atom stereocenters. The number of anilines is 3. The lowest BCUT2D eigenvalue weighted by atomic mass is 10.1. The van der Waals surface area contributed by atoms with Crippen LogP contribution in [-0.4, -0.2) is 12.5 Å². The molecule has 20 heavy (non-hydrogen) atoms. The van der Waals surface area contributed by atoms with Gasteiger partial charge in [0, 0.05) is 17.9 Å². The molecule has 0 aliphatic rings. The standard InChI is InChI=1S/C15H16FN3O/c1-2-18-15(20)13-8-5-11(17)9-14(13)19-12-6-3-10(16)4-7-12/h3-9,19H,2,17H2,1H3,(H,18,20). The average Bonchev–Trinajstić information content (AvgIpc) is 2.42. The second-order valence-electron chi connectivity index (χ2n) is 4.30. The summed E-state index contributed by atoms with van der Waals surface area (Å²) in [6.07, 6.45) is 0. The minimum atomic E-state index is -0.313. The maximum absolute atomic E-state index is 12.9. The van der Waals surface area contributed by atoms with Crippen LogP contribution in [0.1, 0.15) is 17.3 Å². The minimum Gasteiger partial charge on any atom is -0.399 e. The van der Waals surface area contributed by atoms with E-state index in [-0.39, 0.29) is 11.7 Å². The molecule has 0 bridgehead atoms. The molecule has 0 radical (unpaired) electrons. The Morgan fingerprint density at radius 1 is 1.20 bits per heavy atom. The molecule has 0 saturated heterocycles. The van der Waals surface area contributed by atoms with Crippen LogP contribution in [0.2, 0.25) is 0 Å². The van der Waals surface area contributed by atoms with Crippen molar-refractivity contribution >= 4 is 23.0 Å². The number of carbonyl (C=O) groups excluding carboxylic acids is 1. The van der Waals surface area contributed by atoms with Crippen molar-refractivity contribution in [3.8, 4) is 0 Å². The molecular weight excluding hydrogens is 257 g/mol. The number of benzene rings is 2. The van der Waals surface area contributed by atoms with Crippen molar-refractivity contribution in [1.82, 2.24) is 5.32 Å². The highest BCUT2D eigenvalue weighted by molar-refractivity contribution is 6.00. The van der Waals surface area contributed by atoms with Crippen LogP contribution in [0.5, 0.6) is 0 Å². The topological polar surface area (TPSA) is 67.2 Å². The van der Waals surface area contributed by atoms with E-state index in [0.29, 0.717) is 29.2 Å². The molecule has 4 nitrogen and oxygen atoms in total. The van der Waals surface area contributed by atoms with E-state index in [1.165, 1.54) is 12.1 Å². The number of carbonyl (C=O) groups is 1. The van der Waals surface area contributed by atoms with E-state index in [1.54, 1.807) is 30.3 Å². The van der Waals surface area contributed by atoms with E-state index in [9.17, 15) is 9.18 Å². The predicted molar refractivity (Wildman–Crippen MR) is 78.5 cm³/mol. The van der Waals surface area contributed by atoms with Gasteiger partial charge in [0.1, 0.15) is 5.82 Å². The Morgan fingerprint density at radius 3 is 2.55 bits per heavy atom. The van der Waals surface area contributed by atoms with E-state index in [1.807, 2.05) is 6.92 Å². The van der Waals surface area contributed by atoms with Gasteiger partial charge in [0.05, 0.1) is 11.3 Å². The summed E-state index contributed by atoms with van der Waals surface area (Å²) < 4.78 is 12.9. The Kier molecular flexibility index (Phi) is 4.20. The lowest BCUT2D eigenvalue weighted by Crippen LogP contribution is -2.23. The first-order valence-electron chi connectivity index (χ1n) is 6.30. The zero-order valence-corrected chi connectivity index (χ0v) is 11.1. The van der Waals surface area contributed by atoms with E-state index < -0.39 is 0 Å². The van der Waals surface area contributed by atoms with Crippen LogP contribution in [0, 0.1) is 5.82 Å². The highest BCUT2D eigenvalue weighted by Gasteiger charge is 2.11. The smallest absolute Gasteiger partial charge is 0.253 e. The summed E-state index contributed by atoms with van der Waals surface area (Å²) in [6, 6.07) is 10.9. The predicted octanol–water partition coefficient (Wildman–Crippen LogP) is 2.90. The zero-order valence-electron chi connectivity index (χ0n) is 11.1. The van der Waals surface area contributed by atoms with Crippen LogP contribution in [0.4, 0.5) is 21.5 Å². The van der Waals surface area contributed by atoms with Crippen molar-refractivity contribution in [2.75, 3.05) is 17.6 Å². The average molecular weight is 273 g/mol. The van der Waals surface area contributed by atoms with E-state index in [2.05, 4.69) is 10.6 Å².